The second-order valence-corrected chi connectivity index (χ2v) is 5.55. The topological polar surface area (TPSA) is 84.3 Å². The fraction of sp³-hybridized carbons (Fsp3) is 0.643. The molecule has 0 aromatic carbocycles. The summed E-state index contributed by atoms with van der Waals surface area (Å²) in [5, 5.41) is 12.1. The van der Waals surface area contributed by atoms with Crippen LogP contribution >= 0.6 is 0 Å². The van der Waals surface area contributed by atoms with Crippen molar-refractivity contribution in [1.29, 1.82) is 0 Å². The molecule has 0 bridgehead atoms. The van der Waals surface area contributed by atoms with Crippen LogP contribution in [0.2, 0.25) is 0 Å². The number of aliphatic hydroxyl groups excluding tert-OH is 1. The number of esters is 1. The molecule has 112 valence electrons. The van der Waals surface area contributed by atoms with Crippen molar-refractivity contribution in [3.8, 4) is 0 Å². The highest BCUT2D eigenvalue weighted by molar-refractivity contribution is 5.85. The molecule has 0 atom stereocenters. The van der Waals surface area contributed by atoms with E-state index in [1.54, 1.807) is 13.0 Å². The van der Waals surface area contributed by atoms with Gasteiger partial charge < -0.3 is 15.2 Å². The highest BCUT2D eigenvalue weighted by Crippen LogP contribution is 2.22. The van der Waals surface area contributed by atoms with Crippen LogP contribution in [-0.2, 0) is 4.74 Å². The summed E-state index contributed by atoms with van der Waals surface area (Å²) in [5.41, 5.74) is 0.739. The molecule has 6 nitrogen and oxygen atoms in total. The van der Waals surface area contributed by atoms with Crippen molar-refractivity contribution in [3.63, 3.8) is 0 Å². The number of aliphatic hydroxyl groups is 1. The summed E-state index contributed by atoms with van der Waals surface area (Å²) in [6.45, 7) is 6.93. The van der Waals surface area contributed by atoms with Crippen LogP contribution in [0.25, 0.3) is 0 Å². The molecule has 0 radical (unpaired) electrons. The zero-order valence-corrected chi connectivity index (χ0v) is 12.6. The maximum Gasteiger partial charge on any atom is 0.376 e. The number of aryl methyl sites for hydroxylation is 1. The van der Waals surface area contributed by atoms with E-state index in [1.165, 1.54) is 7.11 Å². The third-order valence-corrected chi connectivity index (χ3v) is 2.98. The predicted octanol–water partition coefficient (Wildman–Crippen LogP) is 1.78. The van der Waals surface area contributed by atoms with E-state index in [0.29, 0.717) is 18.1 Å². The number of rotatable bonds is 7. The van der Waals surface area contributed by atoms with Crippen LogP contribution in [0.5, 0.6) is 0 Å². The molecule has 6 heteroatoms. The number of methoxy groups -OCH3 is 1. The molecular formula is C14H23N3O3. The second-order valence-electron chi connectivity index (χ2n) is 5.55. The molecule has 0 aliphatic heterocycles. The van der Waals surface area contributed by atoms with Gasteiger partial charge in [0.05, 0.1) is 7.11 Å². The molecule has 2 N–H and O–H groups in total. The number of carbonyl (C=O) groups is 1. The second kappa shape index (κ2) is 7.19. The average Bonchev–Trinajstić information content (AvgIpc) is 2.41. The van der Waals surface area contributed by atoms with E-state index in [4.69, 9.17) is 5.11 Å². The number of nitrogens with one attached hydrogen (secondary N) is 1. The van der Waals surface area contributed by atoms with Gasteiger partial charge in [-0.15, -0.1) is 0 Å². The lowest BCUT2D eigenvalue weighted by Gasteiger charge is -2.25. The van der Waals surface area contributed by atoms with E-state index in [9.17, 15) is 4.79 Å². The van der Waals surface area contributed by atoms with Gasteiger partial charge in [-0.25, -0.2) is 14.8 Å². The van der Waals surface area contributed by atoms with Crippen molar-refractivity contribution in [3.05, 3.63) is 17.6 Å². The minimum absolute atomic E-state index is 0.0347. The van der Waals surface area contributed by atoms with Gasteiger partial charge >= 0.3 is 5.97 Å². The van der Waals surface area contributed by atoms with E-state index < -0.39 is 5.97 Å². The normalized spacial score (nSPS) is 11.2. The first-order valence-corrected chi connectivity index (χ1v) is 6.67. The van der Waals surface area contributed by atoms with Crippen molar-refractivity contribution in [2.45, 2.75) is 33.6 Å². The van der Waals surface area contributed by atoms with Crippen molar-refractivity contribution >= 4 is 11.8 Å². The molecule has 1 aromatic heterocycles. The largest absolute Gasteiger partial charge is 0.463 e. The van der Waals surface area contributed by atoms with Gasteiger partial charge in [0.1, 0.15) is 5.82 Å². The molecule has 0 amide bonds. The highest BCUT2D eigenvalue weighted by Gasteiger charge is 2.18. The first kappa shape index (κ1) is 16.4. The molecule has 1 rings (SSSR count). The molecule has 0 fully saturated rings. The zero-order valence-electron chi connectivity index (χ0n) is 12.6. The third-order valence-electron chi connectivity index (χ3n) is 2.98. The first-order valence-electron chi connectivity index (χ1n) is 6.67. The Morgan fingerprint density at radius 2 is 2.15 bits per heavy atom. The molecule has 0 aliphatic carbocycles. The van der Waals surface area contributed by atoms with Crippen molar-refractivity contribution < 1.29 is 14.6 Å². The minimum Gasteiger partial charge on any atom is -0.463 e. The van der Waals surface area contributed by atoms with Crippen molar-refractivity contribution in [2.24, 2.45) is 5.41 Å². The maximum atomic E-state index is 11.5. The van der Waals surface area contributed by atoms with E-state index in [1.807, 2.05) is 0 Å². The summed E-state index contributed by atoms with van der Waals surface area (Å²) in [6.07, 6.45) is 1.68. The van der Waals surface area contributed by atoms with Gasteiger partial charge in [0.2, 0.25) is 5.82 Å². The summed E-state index contributed by atoms with van der Waals surface area (Å²) in [5.74, 6) is 0.120. The highest BCUT2D eigenvalue weighted by atomic mass is 16.5. The summed E-state index contributed by atoms with van der Waals surface area (Å²) >= 11 is 0. The molecule has 1 aromatic rings. The number of nitrogens with zero attached hydrogens (tertiary/aromatic N) is 2. The fourth-order valence-corrected chi connectivity index (χ4v) is 1.82. The monoisotopic (exact) mass is 281 g/mol. The van der Waals surface area contributed by atoms with Gasteiger partial charge in [-0.05, 0) is 25.2 Å². The maximum absolute atomic E-state index is 11.5. The molecule has 0 unspecified atom stereocenters. The molecular weight excluding hydrogens is 258 g/mol. The molecule has 0 aliphatic rings. The Hall–Kier alpha value is -1.69. The summed E-state index contributed by atoms with van der Waals surface area (Å²) in [4.78, 5) is 19.6. The Labute approximate surface area is 119 Å². The quantitative estimate of drug-likeness (QED) is 0.741. The SMILES string of the molecule is COC(=O)c1nc(C)cc(NCC(C)(C)CCCO)n1. The van der Waals surface area contributed by atoms with Crippen LogP contribution in [0.4, 0.5) is 5.82 Å². The van der Waals surface area contributed by atoms with E-state index >= 15 is 0 Å². The number of carbonyl (C=O) groups excluding carboxylic acids is 1. The van der Waals surface area contributed by atoms with E-state index in [0.717, 1.165) is 12.8 Å². The number of hydrogen-bond donors (Lipinski definition) is 2. The smallest absolute Gasteiger partial charge is 0.376 e. The molecule has 0 saturated heterocycles. The summed E-state index contributed by atoms with van der Waals surface area (Å²) in [7, 11) is 1.30. The number of hydrogen-bond acceptors (Lipinski definition) is 6. The minimum atomic E-state index is -0.545. The third kappa shape index (κ3) is 5.13. The molecule has 20 heavy (non-hydrogen) atoms. The molecule has 1 heterocycles. The Balaban J connectivity index is 2.73. The van der Waals surface area contributed by atoms with Gasteiger partial charge in [-0.1, -0.05) is 13.8 Å². The Bertz CT molecular complexity index is 461. The van der Waals surface area contributed by atoms with Crippen LogP contribution in [0, 0.1) is 12.3 Å². The van der Waals surface area contributed by atoms with Crippen LogP contribution in [0.15, 0.2) is 6.07 Å². The van der Waals surface area contributed by atoms with Crippen LogP contribution in [0.1, 0.15) is 43.0 Å². The number of aromatic nitrogens is 2. The van der Waals surface area contributed by atoms with Gasteiger partial charge in [-0.3, -0.25) is 0 Å². The van der Waals surface area contributed by atoms with Gasteiger partial charge in [0.25, 0.3) is 0 Å². The van der Waals surface area contributed by atoms with E-state index in [-0.39, 0.29) is 17.8 Å². The van der Waals surface area contributed by atoms with E-state index in [2.05, 4.69) is 33.9 Å². The van der Waals surface area contributed by atoms with Crippen molar-refractivity contribution in [1.82, 2.24) is 9.97 Å². The fourth-order valence-electron chi connectivity index (χ4n) is 1.82. The van der Waals surface area contributed by atoms with Crippen molar-refractivity contribution in [2.75, 3.05) is 25.6 Å². The van der Waals surface area contributed by atoms with Crippen LogP contribution in [0.3, 0.4) is 0 Å². The Morgan fingerprint density at radius 3 is 2.75 bits per heavy atom. The summed E-state index contributed by atoms with van der Waals surface area (Å²) in [6, 6.07) is 1.79. The zero-order chi connectivity index (χ0) is 15.2. The standard InChI is InChI=1S/C14H23N3O3/c1-10-8-11(17-12(16-10)13(19)20-4)15-9-14(2,3)6-5-7-18/h8,18H,5-7,9H2,1-4H3,(H,15,16,17). The van der Waals surface area contributed by atoms with Crippen LogP contribution < -0.4 is 5.32 Å². The Morgan fingerprint density at radius 1 is 1.45 bits per heavy atom. The van der Waals surface area contributed by atoms with Gasteiger partial charge in [0, 0.05) is 24.9 Å². The first-order chi connectivity index (χ1) is 9.38. The lowest BCUT2D eigenvalue weighted by molar-refractivity contribution is 0.0586. The predicted molar refractivity (Wildman–Crippen MR) is 76.7 cm³/mol. The average molecular weight is 281 g/mol. The number of anilines is 1. The summed E-state index contributed by atoms with van der Waals surface area (Å²) < 4.78 is 4.63. The molecule has 0 saturated carbocycles. The lowest BCUT2D eigenvalue weighted by Crippen LogP contribution is -2.24. The molecule has 0 spiro atoms. The van der Waals surface area contributed by atoms with Gasteiger partial charge in [-0.2, -0.15) is 0 Å². The number of ether oxygens (including phenoxy) is 1. The Kier molecular flexibility index (Phi) is 5.88. The lowest BCUT2D eigenvalue weighted by atomic mass is 9.88. The van der Waals surface area contributed by atoms with Crippen LogP contribution in [-0.4, -0.2) is 41.3 Å². The van der Waals surface area contributed by atoms with Gasteiger partial charge in [0.15, 0.2) is 0 Å².